The zero-order valence-electron chi connectivity index (χ0n) is 21.4. The number of benzene rings is 2. The Bertz CT molecular complexity index is 1330. The van der Waals surface area contributed by atoms with Gasteiger partial charge in [-0.2, -0.15) is 0 Å². The molecule has 39 heavy (non-hydrogen) atoms. The van der Waals surface area contributed by atoms with Crippen molar-refractivity contribution in [2.75, 3.05) is 32.5 Å². The van der Waals surface area contributed by atoms with Crippen molar-refractivity contribution in [2.24, 2.45) is 5.41 Å². The second-order valence-corrected chi connectivity index (χ2v) is 11.0. The molecule has 1 N–H and O–H groups in total. The first kappa shape index (κ1) is 29.1. The summed E-state index contributed by atoms with van der Waals surface area (Å²) in [5.74, 6) is -4.09. The summed E-state index contributed by atoms with van der Waals surface area (Å²) >= 11 is 1.01. The number of likely N-dealkylation sites (tertiary alicyclic amines) is 1. The van der Waals surface area contributed by atoms with E-state index in [1.807, 2.05) is 0 Å². The number of carboxylic acid groups (broad SMARTS) is 1. The van der Waals surface area contributed by atoms with Crippen LogP contribution in [-0.2, 0) is 4.79 Å². The molecule has 0 aliphatic carbocycles. The lowest BCUT2D eigenvalue weighted by Crippen LogP contribution is -2.42. The molecule has 1 unspecified atom stereocenters. The van der Waals surface area contributed by atoms with Gasteiger partial charge in [0.2, 0.25) is 0 Å². The van der Waals surface area contributed by atoms with E-state index >= 15 is 4.39 Å². The Labute approximate surface area is 227 Å². The number of ether oxygens (including phenoxy) is 1. The number of aromatic nitrogens is 1. The number of thioether (sulfide) groups is 1. The van der Waals surface area contributed by atoms with Crippen LogP contribution in [0.2, 0.25) is 0 Å². The normalized spacial score (nSPS) is 16.4. The van der Waals surface area contributed by atoms with Gasteiger partial charge in [-0.05, 0) is 68.5 Å². The number of aliphatic carboxylic acids is 1. The molecule has 11 heteroatoms. The summed E-state index contributed by atoms with van der Waals surface area (Å²) in [6.45, 7) is 1.58. The third-order valence-corrected chi connectivity index (χ3v) is 8.37. The lowest BCUT2D eigenvalue weighted by Gasteiger charge is -2.41. The van der Waals surface area contributed by atoms with E-state index in [0.717, 1.165) is 24.0 Å². The lowest BCUT2D eigenvalue weighted by molar-refractivity contribution is -0.141. The molecular weight excluding hydrogens is 539 g/mol. The average molecular weight is 569 g/mol. The number of alkyl halides is 1. The van der Waals surface area contributed by atoms with Crippen molar-refractivity contribution in [1.29, 1.82) is 0 Å². The fourth-order valence-electron chi connectivity index (χ4n) is 5.20. The molecule has 5 nitrogen and oxygen atoms in total. The van der Waals surface area contributed by atoms with Crippen molar-refractivity contribution < 1.29 is 36.6 Å². The maximum atomic E-state index is 15.6. The van der Waals surface area contributed by atoms with Crippen LogP contribution in [0.5, 0.6) is 5.75 Å². The molecule has 0 radical (unpaired) electrons. The lowest BCUT2D eigenvalue weighted by atomic mass is 9.71. The highest BCUT2D eigenvalue weighted by Gasteiger charge is 2.37. The van der Waals surface area contributed by atoms with E-state index in [0.29, 0.717) is 60.9 Å². The SMILES string of the molecule is COc1ccc2ncc(F)c(C(F)CCC3(CC(=O)O)CCN(CCSc4cc(F)cc(F)c4F)CC3)c2c1. The van der Waals surface area contributed by atoms with Gasteiger partial charge in [-0.1, -0.05) is 0 Å². The maximum absolute atomic E-state index is 15.6. The predicted molar refractivity (Wildman–Crippen MR) is 139 cm³/mol. The minimum Gasteiger partial charge on any atom is -0.497 e. The zero-order valence-corrected chi connectivity index (χ0v) is 22.2. The number of hydrogen-bond acceptors (Lipinski definition) is 5. The van der Waals surface area contributed by atoms with Crippen LogP contribution in [0.3, 0.4) is 0 Å². The maximum Gasteiger partial charge on any atom is 0.303 e. The standard InChI is InChI=1S/C28H29F5N2O3S/c1-38-18-2-3-23-19(14-18)26(22(32)16-34-23)20(30)4-5-28(15-25(36)37)6-8-35(9-7-28)10-11-39-24-13-17(29)12-21(31)27(24)33/h2-3,12-14,16,20H,4-11,15H2,1H3,(H,36,37). The molecule has 2 heterocycles. The molecule has 1 aromatic heterocycles. The Morgan fingerprint density at radius 3 is 2.59 bits per heavy atom. The van der Waals surface area contributed by atoms with Crippen LogP contribution >= 0.6 is 11.8 Å². The van der Waals surface area contributed by atoms with Crippen LogP contribution in [-0.4, -0.2) is 53.5 Å². The molecule has 0 spiro atoms. The highest BCUT2D eigenvalue weighted by Crippen LogP contribution is 2.43. The van der Waals surface area contributed by atoms with Gasteiger partial charge in [0.15, 0.2) is 11.6 Å². The summed E-state index contributed by atoms with van der Waals surface area (Å²) < 4.78 is 76.2. The zero-order chi connectivity index (χ0) is 28.2. The minimum atomic E-state index is -1.66. The highest BCUT2D eigenvalue weighted by atomic mass is 32.2. The van der Waals surface area contributed by atoms with Crippen molar-refractivity contribution in [3.8, 4) is 5.75 Å². The molecule has 210 valence electrons. The molecule has 0 bridgehead atoms. The number of pyridine rings is 1. The monoisotopic (exact) mass is 568 g/mol. The number of piperidine rings is 1. The Hall–Kier alpha value is -2.92. The highest BCUT2D eigenvalue weighted by molar-refractivity contribution is 7.99. The number of nitrogens with zero attached hydrogens (tertiary/aromatic N) is 2. The third-order valence-electron chi connectivity index (χ3n) is 7.38. The molecule has 4 rings (SSSR count). The number of rotatable bonds is 11. The van der Waals surface area contributed by atoms with E-state index in [9.17, 15) is 27.5 Å². The molecule has 1 aliphatic heterocycles. The largest absolute Gasteiger partial charge is 0.497 e. The quantitative estimate of drug-likeness (QED) is 0.154. The Morgan fingerprint density at radius 1 is 1.15 bits per heavy atom. The van der Waals surface area contributed by atoms with E-state index in [4.69, 9.17) is 4.74 Å². The minimum absolute atomic E-state index is 0.0548. The summed E-state index contributed by atoms with van der Waals surface area (Å²) in [4.78, 5) is 17.7. The number of halogens is 5. The second-order valence-electron chi connectivity index (χ2n) is 9.87. The van der Waals surface area contributed by atoms with Gasteiger partial charge in [0.1, 0.15) is 23.6 Å². The number of carboxylic acids is 1. The molecule has 0 amide bonds. The molecule has 1 atom stereocenters. The summed E-state index contributed by atoms with van der Waals surface area (Å²) in [5.41, 5.74) is -0.337. The fraction of sp³-hybridized carbons (Fsp3) is 0.429. The number of fused-ring (bicyclic) bond motifs is 1. The third kappa shape index (κ3) is 7.00. The topological polar surface area (TPSA) is 62.7 Å². The molecule has 1 fully saturated rings. The van der Waals surface area contributed by atoms with Gasteiger partial charge in [0.25, 0.3) is 0 Å². The van der Waals surface area contributed by atoms with Crippen molar-refractivity contribution in [2.45, 2.75) is 43.2 Å². The summed E-state index contributed by atoms with van der Waals surface area (Å²) in [5, 5.41) is 9.89. The van der Waals surface area contributed by atoms with Crippen molar-refractivity contribution in [1.82, 2.24) is 9.88 Å². The number of carbonyl (C=O) groups is 1. The Balaban J connectivity index is 1.39. The first-order valence-electron chi connectivity index (χ1n) is 12.6. The molecule has 2 aromatic carbocycles. The Morgan fingerprint density at radius 2 is 1.90 bits per heavy atom. The molecule has 0 saturated carbocycles. The van der Waals surface area contributed by atoms with Gasteiger partial charge >= 0.3 is 5.97 Å². The number of methoxy groups -OCH3 is 1. The second kappa shape index (κ2) is 12.5. The van der Waals surface area contributed by atoms with Crippen molar-refractivity contribution in [3.05, 3.63) is 65.4 Å². The van der Waals surface area contributed by atoms with E-state index in [-0.39, 0.29) is 29.7 Å². The van der Waals surface area contributed by atoms with E-state index in [1.54, 1.807) is 18.2 Å². The summed E-state index contributed by atoms with van der Waals surface area (Å²) in [7, 11) is 1.46. The molecular formula is C28H29F5N2O3S. The predicted octanol–water partition coefficient (Wildman–Crippen LogP) is 6.94. The van der Waals surface area contributed by atoms with Gasteiger partial charge in [-0.15, -0.1) is 11.8 Å². The van der Waals surface area contributed by atoms with E-state index in [1.165, 1.54) is 7.11 Å². The summed E-state index contributed by atoms with van der Waals surface area (Å²) in [6.07, 6.45) is 0.378. The van der Waals surface area contributed by atoms with E-state index in [2.05, 4.69) is 9.88 Å². The molecule has 1 aliphatic rings. The number of hydrogen-bond donors (Lipinski definition) is 1. The van der Waals surface area contributed by atoms with Gasteiger partial charge in [-0.25, -0.2) is 22.0 Å². The fourth-order valence-corrected chi connectivity index (χ4v) is 6.19. The van der Waals surface area contributed by atoms with Crippen LogP contribution in [0.15, 0.2) is 41.4 Å². The average Bonchev–Trinajstić information content (AvgIpc) is 2.90. The molecule has 1 saturated heterocycles. The molecule has 3 aromatic rings. The summed E-state index contributed by atoms with van der Waals surface area (Å²) in [6, 6.07) is 6.28. The van der Waals surface area contributed by atoms with Crippen LogP contribution in [0.25, 0.3) is 10.9 Å². The van der Waals surface area contributed by atoms with Gasteiger partial charge in [0.05, 0.1) is 25.2 Å². The Kier molecular flexibility index (Phi) is 9.32. The van der Waals surface area contributed by atoms with E-state index < -0.39 is 40.8 Å². The van der Waals surface area contributed by atoms with Crippen LogP contribution in [0.4, 0.5) is 22.0 Å². The van der Waals surface area contributed by atoms with Gasteiger partial charge < -0.3 is 14.7 Å². The first-order valence-corrected chi connectivity index (χ1v) is 13.6. The van der Waals surface area contributed by atoms with Crippen LogP contribution in [0, 0.1) is 28.7 Å². The smallest absolute Gasteiger partial charge is 0.303 e. The first-order chi connectivity index (χ1) is 18.6. The van der Waals surface area contributed by atoms with Crippen LogP contribution in [0.1, 0.15) is 43.8 Å². The van der Waals surface area contributed by atoms with Gasteiger partial charge in [-0.3, -0.25) is 9.78 Å². The van der Waals surface area contributed by atoms with Crippen molar-refractivity contribution >= 4 is 28.6 Å². The van der Waals surface area contributed by atoms with Gasteiger partial charge in [0, 0.05) is 34.2 Å². The van der Waals surface area contributed by atoms with Crippen molar-refractivity contribution in [3.63, 3.8) is 0 Å². The van der Waals surface area contributed by atoms with Crippen LogP contribution < -0.4 is 4.74 Å².